The highest BCUT2D eigenvalue weighted by atomic mass is 35.5. The van der Waals surface area contributed by atoms with Crippen molar-refractivity contribution < 1.29 is 22.7 Å². The first-order valence-corrected chi connectivity index (χ1v) is 20.9. The molecule has 3 N–H and O–H groups in total. The lowest BCUT2D eigenvalue weighted by Crippen LogP contribution is -2.73. The number of hydrogen-bond donors (Lipinski definition) is 3. The zero-order valence-corrected chi connectivity index (χ0v) is 33.0. The SMILES string of the molecule is CCCCN1C(=O)[C@H](CC2CCCCC2)NC(=O)C12CCN(C(c1ccc(S(=O)(=O)NCCCN3CCOCC3)cc1)c1c(C)n[nH]c1C)CC2.Cl. The standard InChI is InChI=1S/C38H59N7O5S.ClH/c1-4-5-20-45-36(46)33(27-30-10-7-6-8-11-30)40-37(47)38(45)16-21-44(22-17-38)35(34-28(2)41-42-29(34)3)31-12-14-32(15-13-31)51(48,49)39-18-9-19-43-23-25-50-26-24-43;/h12-15,30,33,35,39H,4-11,16-27H2,1-3H3,(H,40,47)(H,41,42);1H/t33-,35?;/m0./s1. The van der Waals surface area contributed by atoms with E-state index in [-0.39, 0.29) is 35.2 Å². The quantitative estimate of drug-likeness (QED) is 0.240. The van der Waals surface area contributed by atoms with Crippen molar-refractivity contribution in [3.05, 3.63) is 46.8 Å². The average molecular weight is 762 g/mol. The number of H-pyrrole nitrogens is 1. The highest BCUT2D eigenvalue weighted by Gasteiger charge is 2.54. The molecule has 52 heavy (non-hydrogen) atoms. The van der Waals surface area contributed by atoms with Gasteiger partial charge in [-0.2, -0.15) is 5.10 Å². The van der Waals surface area contributed by atoms with Crippen molar-refractivity contribution in [2.75, 3.05) is 59.0 Å². The van der Waals surface area contributed by atoms with Gasteiger partial charge < -0.3 is 15.0 Å². The predicted octanol–water partition coefficient (Wildman–Crippen LogP) is 4.47. The van der Waals surface area contributed by atoms with Crippen LogP contribution >= 0.6 is 12.4 Å². The number of nitrogens with zero attached hydrogens (tertiary/aromatic N) is 4. The number of nitrogens with one attached hydrogen (secondary N) is 3. The van der Waals surface area contributed by atoms with E-state index in [2.05, 4.69) is 37.0 Å². The summed E-state index contributed by atoms with van der Waals surface area (Å²) in [6.07, 6.45) is 10.3. The Morgan fingerprint density at radius 2 is 1.67 bits per heavy atom. The third kappa shape index (κ3) is 9.03. The number of sulfonamides is 1. The molecule has 1 spiro atoms. The first kappa shape index (κ1) is 40.6. The number of piperazine rings is 1. The number of morpholine rings is 1. The lowest BCUT2D eigenvalue weighted by molar-refractivity contribution is -0.162. The van der Waals surface area contributed by atoms with E-state index in [1.165, 1.54) is 19.3 Å². The number of halogens is 1. The van der Waals surface area contributed by atoms with Gasteiger partial charge in [0.05, 0.1) is 29.8 Å². The number of aromatic amines is 1. The Morgan fingerprint density at radius 3 is 2.31 bits per heavy atom. The van der Waals surface area contributed by atoms with Gasteiger partial charge in [0.15, 0.2) is 0 Å². The van der Waals surface area contributed by atoms with Crippen LogP contribution in [-0.2, 0) is 24.3 Å². The third-order valence-corrected chi connectivity index (χ3v) is 13.3. The Morgan fingerprint density at radius 1 is 0.981 bits per heavy atom. The van der Waals surface area contributed by atoms with Gasteiger partial charge in [0, 0.05) is 50.5 Å². The molecule has 1 aromatic carbocycles. The van der Waals surface area contributed by atoms with Crippen molar-refractivity contribution in [3.63, 3.8) is 0 Å². The molecule has 6 rings (SSSR count). The molecule has 3 saturated heterocycles. The minimum atomic E-state index is -3.67. The Balaban J connectivity index is 0.00000523. The number of aryl methyl sites for hydroxylation is 2. The lowest BCUT2D eigenvalue weighted by Gasteiger charge is -2.53. The molecule has 3 aliphatic heterocycles. The van der Waals surface area contributed by atoms with E-state index in [1.807, 2.05) is 30.9 Å². The molecular weight excluding hydrogens is 702 g/mol. The second kappa shape index (κ2) is 18.2. The van der Waals surface area contributed by atoms with Gasteiger partial charge in [0.1, 0.15) is 11.6 Å². The van der Waals surface area contributed by atoms with Gasteiger partial charge in [-0.25, -0.2) is 13.1 Å². The second-order valence-electron chi connectivity index (χ2n) is 15.2. The van der Waals surface area contributed by atoms with Crippen LogP contribution in [0.5, 0.6) is 0 Å². The molecule has 1 saturated carbocycles. The highest BCUT2D eigenvalue weighted by molar-refractivity contribution is 7.89. The van der Waals surface area contributed by atoms with Gasteiger partial charge in [0.2, 0.25) is 21.8 Å². The molecule has 1 aliphatic carbocycles. The summed E-state index contributed by atoms with van der Waals surface area (Å²) < 4.78 is 34.6. The van der Waals surface area contributed by atoms with Crippen molar-refractivity contribution in [2.24, 2.45) is 5.92 Å². The summed E-state index contributed by atoms with van der Waals surface area (Å²) in [5, 5.41) is 10.9. The molecule has 0 bridgehead atoms. The Labute approximate surface area is 316 Å². The molecule has 0 radical (unpaired) electrons. The zero-order valence-electron chi connectivity index (χ0n) is 31.3. The van der Waals surface area contributed by atoms with Gasteiger partial charge in [-0.3, -0.25) is 24.5 Å². The van der Waals surface area contributed by atoms with Crippen molar-refractivity contribution in [3.8, 4) is 0 Å². The number of carbonyl (C=O) groups is 2. The molecular formula is C38H60ClN7O5S. The van der Waals surface area contributed by atoms with E-state index in [0.29, 0.717) is 44.9 Å². The number of amides is 2. The van der Waals surface area contributed by atoms with Crippen LogP contribution in [0.25, 0.3) is 0 Å². The Kier molecular flexibility index (Phi) is 14.2. The maximum Gasteiger partial charge on any atom is 0.246 e. The number of ether oxygens (including phenoxy) is 1. The summed E-state index contributed by atoms with van der Waals surface area (Å²) in [6, 6.07) is 6.57. The van der Waals surface area contributed by atoms with E-state index >= 15 is 0 Å². The van der Waals surface area contributed by atoms with Gasteiger partial charge in [-0.15, -0.1) is 12.4 Å². The van der Waals surface area contributed by atoms with Crippen LogP contribution in [0.2, 0.25) is 0 Å². The number of piperidine rings is 1. The summed E-state index contributed by atoms with van der Waals surface area (Å²) in [5.41, 5.74) is 3.00. The van der Waals surface area contributed by atoms with Crippen LogP contribution in [0, 0.1) is 19.8 Å². The van der Waals surface area contributed by atoms with Crippen molar-refractivity contribution in [1.82, 2.24) is 34.9 Å². The minimum absolute atomic E-state index is 0. The molecule has 4 heterocycles. The van der Waals surface area contributed by atoms with E-state index in [9.17, 15) is 18.0 Å². The van der Waals surface area contributed by atoms with Crippen molar-refractivity contribution in [1.29, 1.82) is 0 Å². The van der Waals surface area contributed by atoms with E-state index < -0.39 is 21.6 Å². The van der Waals surface area contributed by atoms with Crippen molar-refractivity contribution >= 4 is 34.2 Å². The summed E-state index contributed by atoms with van der Waals surface area (Å²) in [6.45, 7) is 12.4. The molecule has 290 valence electrons. The van der Waals surface area contributed by atoms with Gasteiger partial charge in [-0.05, 0) is 76.1 Å². The van der Waals surface area contributed by atoms with E-state index in [1.54, 1.807) is 12.1 Å². The Bertz CT molecular complexity index is 1560. The van der Waals surface area contributed by atoms with Gasteiger partial charge in [-0.1, -0.05) is 57.6 Å². The van der Waals surface area contributed by atoms with Crippen LogP contribution in [0.3, 0.4) is 0 Å². The smallest absolute Gasteiger partial charge is 0.246 e. The number of carbonyl (C=O) groups excluding carboxylic acids is 2. The zero-order chi connectivity index (χ0) is 36.0. The number of aromatic nitrogens is 2. The fourth-order valence-corrected chi connectivity index (χ4v) is 9.92. The normalized spacial score (nSPS) is 22.7. The molecule has 4 aliphatic rings. The van der Waals surface area contributed by atoms with E-state index in [4.69, 9.17) is 4.74 Å². The highest BCUT2D eigenvalue weighted by Crippen LogP contribution is 2.40. The van der Waals surface area contributed by atoms with E-state index in [0.717, 1.165) is 93.9 Å². The first-order chi connectivity index (χ1) is 24.6. The molecule has 2 aromatic rings. The minimum Gasteiger partial charge on any atom is -0.379 e. The molecule has 2 amide bonds. The number of unbranched alkanes of at least 4 members (excludes halogenated alkanes) is 1. The second-order valence-corrected chi connectivity index (χ2v) is 17.0. The molecule has 1 unspecified atom stereocenters. The molecule has 2 atom stereocenters. The summed E-state index contributed by atoms with van der Waals surface area (Å²) in [7, 11) is -3.67. The maximum atomic E-state index is 14.1. The summed E-state index contributed by atoms with van der Waals surface area (Å²) >= 11 is 0. The number of benzene rings is 1. The van der Waals surface area contributed by atoms with Crippen molar-refractivity contribution in [2.45, 2.75) is 114 Å². The largest absolute Gasteiger partial charge is 0.379 e. The van der Waals surface area contributed by atoms with Crippen LogP contribution in [-0.4, -0.2) is 116 Å². The van der Waals surface area contributed by atoms with Crippen LogP contribution in [0.1, 0.15) is 106 Å². The number of hydrogen-bond acceptors (Lipinski definition) is 8. The molecule has 4 fully saturated rings. The maximum absolute atomic E-state index is 14.1. The predicted molar refractivity (Wildman–Crippen MR) is 204 cm³/mol. The van der Waals surface area contributed by atoms with Crippen LogP contribution < -0.4 is 10.0 Å². The van der Waals surface area contributed by atoms with Crippen LogP contribution in [0.15, 0.2) is 29.2 Å². The third-order valence-electron chi connectivity index (χ3n) is 11.8. The monoisotopic (exact) mass is 761 g/mol. The summed E-state index contributed by atoms with van der Waals surface area (Å²) in [4.78, 5) is 35.1. The molecule has 14 heteroatoms. The van der Waals surface area contributed by atoms with Gasteiger partial charge in [0.25, 0.3) is 0 Å². The topological polar surface area (TPSA) is 140 Å². The number of rotatable bonds is 14. The fraction of sp³-hybridized carbons (Fsp3) is 0.711. The first-order valence-electron chi connectivity index (χ1n) is 19.4. The van der Waals surface area contributed by atoms with Crippen LogP contribution in [0.4, 0.5) is 0 Å². The average Bonchev–Trinajstić information content (AvgIpc) is 3.47. The fourth-order valence-electron chi connectivity index (χ4n) is 8.85. The molecule has 12 nitrogen and oxygen atoms in total. The van der Waals surface area contributed by atoms with Gasteiger partial charge >= 0.3 is 0 Å². The number of likely N-dealkylation sites (tertiary alicyclic amines) is 1. The lowest BCUT2D eigenvalue weighted by atomic mass is 9.78. The Hall–Kier alpha value is -2.55. The molecule has 1 aromatic heterocycles. The summed E-state index contributed by atoms with van der Waals surface area (Å²) in [5.74, 6) is 0.584.